The van der Waals surface area contributed by atoms with Crippen molar-refractivity contribution in [3.63, 3.8) is 0 Å². The Morgan fingerprint density at radius 2 is 2.00 bits per heavy atom. The van der Waals surface area contributed by atoms with Crippen molar-refractivity contribution in [2.45, 2.75) is 38.5 Å². The second-order valence-electron chi connectivity index (χ2n) is 5.47. The first-order valence-electron chi connectivity index (χ1n) is 6.35. The molecule has 2 radical (unpaired) electrons. The molecule has 1 aromatic rings. The van der Waals surface area contributed by atoms with E-state index in [2.05, 4.69) is 51.1 Å². The van der Waals surface area contributed by atoms with Crippen molar-refractivity contribution >= 4 is 0 Å². The van der Waals surface area contributed by atoms with Gasteiger partial charge in [-0.25, -0.2) is 0 Å². The molecule has 3 unspecified atom stereocenters. The molecule has 16 heavy (non-hydrogen) atoms. The highest BCUT2D eigenvalue weighted by molar-refractivity contribution is 5.21. The maximum absolute atomic E-state index is 4.44. The predicted molar refractivity (Wildman–Crippen MR) is 70.0 cm³/mol. The van der Waals surface area contributed by atoms with E-state index in [-0.39, 0.29) is 5.41 Å². The summed E-state index contributed by atoms with van der Waals surface area (Å²) < 4.78 is 0. The average Bonchev–Trinajstić information content (AvgIpc) is 2.30. The van der Waals surface area contributed by atoms with Crippen LogP contribution in [-0.4, -0.2) is 0 Å². The van der Waals surface area contributed by atoms with E-state index < -0.39 is 0 Å². The molecule has 0 amide bonds. The van der Waals surface area contributed by atoms with E-state index in [1.807, 2.05) is 0 Å². The number of hydrogen-bond donors (Lipinski definition) is 0. The largest absolute Gasteiger partial charge is 0.0622 e. The monoisotopic (exact) mass is 214 g/mol. The second kappa shape index (κ2) is 4.61. The van der Waals surface area contributed by atoms with E-state index in [1.165, 1.54) is 31.2 Å². The van der Waals surface area contributed by atoms with Crippen LogP contribution in [0, 0.1) is 25.2 Å². The lowest BCUT2D eigenvalue weighted by atomic mass is 9.64. The molecule has 1 aliphatic carbocycles. The lowest BCUT2D eigenvalue weighted by molar-refractivity contribution is 0.175. The van der Waals surface area contributed by atoms with Gasteiger partial charge in [-0.3, -0.25) is 0 Å². The first-order valence-corrected chi connectivity index (χ1v) is 6.35. The molecular formula is C16H22. The maximum Gasteiger partial charge on any atom is -0.0157 e. The van der Waals surface area contributed by atoms with Crippen molar-refractivity contribution in [1.29, 1.82) is 0 Å². The molecule has 3 atom stereocenters. The van der Waals surface area contributed by atoms with Crippen LogP contribution < -0.4 is 0 Å². The minimum absolute atomic E-state index is 0.193. The molecule has 0 bridgehead atoms. The molecule has 0 nitrogen and oxygen atoms in total. The molecule has 0 spiro atoms. The van der Waals surface area contributed by atoms with Gasteiger partial charge in [-0.2, -0.15) is 0 Å². The summed E-state index contributed by atoms with van der Waals surface area (Å²) in [6.45, 7) is 10.8. The first kappa shape index (κ1) is 11.7. The SMILES string of the molecule is [CH2]C(C)C1([CH2])CCCC(c2ccccc2)C1. The van der Waals surface area contributed by atoms with Crippen LogP contribution in [0.15, 0.2) is 30.3 Å². The molecule has 0 heteroatoms. The average molecular weight is 214 g/mol. The summed E-state index contributed by atoms with van der Waals surface area (Å²) >= 11 is 0. The smallest absolute Gasteiger partial charge is 0.0157 e. The van der Waals surface area contributed by atoms with Gasteiger partial charge in [0.1, 0.15) is 0 Å². The summed E-state index contributed by atoms with van der Waals surface area (Å²) in [5, 5.41) is 0. The van der Waals surface area contributed by atoms with Gasteiger partial charge in [0.2, 0.25) is 0 Å². The Labute approximate surface area is 100 Å². The molecule has 0 N–H and O–H groups in total. The van der Waals surface area contributed by atoms with Crippen LogP contribution in [-0.2, 0) is 0 Å². The normalized spacial score (nSPS) is 30.6. The van der Waals surface area contributed by atoms with Gasteiger partial charge in [0.25, 0.3) is 0 Å². The Morgan fingerprint density at radius 3 is 2.62 bits per heavy atom. The van der Waals surface area contributed by atoms with E-state index in [4.69, 9.17) is 0 Å². The third-order valence-corrected chi connectivity index (χ3v) is 4.20. The summed E-state index contributed by atoms with van der Waals surface area (Å²) in [4.78, 5) is 0. The fourth-order valence-corrected chi connectivity index (χ4v) is 2.85. The van der Waals surface area contributed by atoms with Crippen molar-refractivity contribution in [3.05, 3.63) is 49.7 Å². The molecule has 1 aromatic carbocycles. The predicted octanol–water partition coefficient (Wildman–Crippen LogP) is 4.63. The summed E-state index contributed by atoms with van der Waals surface area (Å²) in [5.74, 6) is 1.13. The molecule has 86 valence electrons. The van der Waals surface area contributed by atoms with Crippen molar-refractivity contribution in [2.24, 2.45) is 11.3 Å². The highest BCUT2D eigenvalue weighted by atomic mass is 14.4. The van der Waals surface area contributed by atoms with Crippen molar-refractivity contribution in [1.82, 2.24) is 0 Å². The molecule has 0 aromatic heterocycles. The first-order chi connectivity index (χ1) is 7.62. The summed E-state index contributed by atoms with van der Waals surface area (Å²) in [6.07, 6.45) is 5.04. The Balaban J connectivity index is 2.14. The third kappa shape index (κ3) is 2.31. The van der Waals surface area contributed by atoms with Crippen molar-refractivity contribution < 1.29 is 0 Å². The molecular weight excluding hydrogens is 192 g/mol. The molecule has 0 saturated heterocycles. The van der Waals surface area contributed by atoms with Gasteiger partial charge in [0.15, 0.2) is 0 Å². The lowest BCUT2D eigenvalue weighted by Gasteiger charge is -2.41. The van der Waals surface area contributed by atoms with Crippen LogP contribution in [0.4, 0.5) is 0 Å². The number of hydrogen-bond acceptors (Lipinski definition) is 0. The zero-order valence-corrected chi connectivity index (χ0v) is 10.3. The van der Waals surface area contributed by atoms with Crippen LogP contribution in [0.5, 0.6) is 0 Å². The highest BCUT2D eigenvalue weighted by Gasteiger charge is 2.35. The Morgan fingerprint density at radius 1 is 1.31 bits per heavy atom. The van der Waals surface area contributed by atoms with E-state index in [0.717, 1.165) is 0 Å². The zero-order chi connectivity index (χ0) is 11.6. The van der Waals surface area contributed by atoms with Crippen molar-refractivity contribution in [2.75, 3.05) is 0 Å². The van der Waals surface area contributed by atoms with Gasteiger partial charge in [0, 0.05) is 0 Å². The molecule has 0 heterocycles. The minimum atomic E-state index is 0.193. The quantitative estimate of drug-likeness (QED) is 0.673. The Bertz CT molecular complexity index is 325. The lowest BCUT2D eigenvalue weighted by Crippen LogP contribution is -2.30. The van der Waals surface area contributed by atoms with Crippen LogP contribution in [0.2, 0.25) is 0 Å². The summed E-state index contributed by atoms with van der Waals surface area (Å²) in [7, 11) is 0. The second-order valence-corrected chi connectivity index (χ2v) is 5.47. The Hall–Kier alpha value is -0.780. The number of benzene rings is 1. The van der Waals surface area contributed by atoms with Crippen LogP contribution in [0.25, 0.3) is 0 Å². The molecule has 1 fully saturated rings. The maximum atomic E-state index is 4.44. The van der Waals surface area contributed by atoms with E-state index in [0.29, 0.717) is 11.8 Å². The molecule has 1 saturated carbocycles. The fraction of sp³-hybridized carbons (Fsp3) is 0.500. The zero-order valence-electron chi connectivity index (χ0n) is 10.3. The van der Waals surface area contributed by atoms with Gasteiger partial charge in [-0.1, -0.05) is 43.7 Å². The van der Waals surface area contributed by atoms with Crippen molar-refractivity contribution in [3.8, 4) is 0 Å². The standard InChI is InChI=1S/C16H22/c1-13(2)16(3)11-7-10-15(12-16)14-8-5-4-6-9-14/h4-6,8-9,13,15H,1,3,7,10-12H2,2H3. The highest BCUT2D eigenvalue weighted by Crippen LogP contribution is 2.47. The minimum Gasteiger partial charge on any atom is -0.0622 e. The molecule has 1 aliphatic rings. The van der Waals surface area contributed by atoms with Gasteiger partial charge < -0.3 is 0 Å². The summed E-state index contributed by atoms with van der Waals surface area (Å²) in [5.41, 5.74) is 1.68. The van der Waals surface area contributed by atoms with Crippen LogP contribution in [0.3, 0.4) is 0 Å². The topological polar surface area (TPSA) is 0 Å². The van der Waals surface area contributed by atoms with Gasteiger partial charge >= 0.3 is 0 Å². The van der Waals surface area contributed by atoms with Crippen LogP contribution in [0.1, 0.15) is 44.1 Å². The Kier molecular flexibility index (Phi) is 3.37. The van der Waals surface area contributed by atoms with Gasteiger partial charge in [0.05, 0.1) is 0 Å². The molecule has 2 rings (SSSR count). The third-order valence-electron chi connectivity index (χ3n) is 4.20. The van der Waals surface area contributed by atoms with E-state index >= 15 is 0 Å². The van der Waals surface area contributed by atoms with Crippen LogP contribution >= 0.6 is 0 Å². The van der Waals surface area contributed by atoms with E-state index in [1.54, 1.807) is 0 Å². The number of rotatable bonds is 2. The molecule has 0 aliphatic heterocycles. The summed E-state index contributed by atoms with van der Waals surface area (Å²) in [6, 6.07) is 10.9. The fourth-order valence-electron chi connectivity index (χ4n) is 2.85. The van der Waals surface area contributed by atoms with E-state index in [9.17, 15) is 0 Å². The van der Waals surface area contributed by atoms with Gasteiger partial charge in [-0.05, 0) is 55.9 Å². The van der Waals surface area contributed by atoms with Gasteiger partial charge in [-0.15, -0.1) is 0 Å².